The summed E-state index contributed by atoms with van der Waals surface area (Å²) in [7, 11) is 1.31. The predicted octanol–water partition coefficient (Wildman–Crippen LogP) is 4.18. The number of hydrogen-bond donors (Lipinski definition) is 0. The molecule has 3 rings (SSSR count). The fraction of sp³-hybridized carbons (Fsp3) is 0.143. The minimum atomic E-state index is -0.448. The van der Waals surface area contributed by atoms with Crippen LogP contribution in [-0.2, 0) is 22.6 Å². The van der Waals surface area contributed by atoms with Crippen molar-refractivity contribution in [3.05, 3.63) is 83.8 Å². The van der Waals surface area contributed by atoms with Gasteiger partial charge < -0.3 is 9.47 Å². The summed E-state index contributed by atoms with van der Waals surface area (Å²) in [6.07, 6.45) is 0.00203. The summed E-state index contributed by atoms with van der Waals surface area (Å²) in [5.74, 6) is -0.181. The molecule has 2 aromatic carbocycles. The summed E-state index contributed by atoms with van der Waals surface area (Å²) in [6.45, 7) is 0.460. The lowest BCUT2D eigenvalue weighted by Crippen LogP contribution is -2.07. The molecule has 4 nitrogen and oxygen atoms in total. The molecule has 0 saturated heterocycles. The first-order valence-electron chi connectivity index (χ1n) is 8.15. The predicted molar refractivity (Wildman–Crippen MR) is 96.1 cm³/mol. The first-order chi connectivity index (χ1) is 12.7. The van der Waals surface area contributed by atoms with Crippen LogP contribution >= 0.6 is 0 Å². The van der Waals surface area contributed by atoms with Gasteiger partial charge in [0.15, 0.2) is 0 Å². The number of pyridine rings is 1. The third-order valence-electron chi connectivity index (χ3n) is 3.83. The number of esters is 1. The molecule has 0 bridgehead atoms. The molecule has 0 spiro atoms. The number of aromatic nitrogens is 1. The molecule has 3 aromatic rings. The highest BCUT2D eigenvalue weighted by molar-refractivity contribution is 5.72. The van der Waals surface area contributed by atoms with Crippen molar-refractivity contribution < 1.29 is 18.7 Å². The number of hydrogen-bond acceptors (Lipinski definition) is 4. The van der Waals surface area contributed by atoms with Crippen molar-refractivity contribution in [2.24, 2.45) is 0 Å². The standard InChI is InChI=1S/C21H18FNO3/c1-25-20(24)13-17-9-12-19(22)21(23-17)16-7-10-18(11-8-16)26-14-15-5-3-2-4-6-15/h2-12H,13-14H2,1H3. The zero-order valence-corrected chi connectivity index (χ0v) is 14.3. The maximum absolute atomic E-state index is 14.1. The number of carbonyl (C=O) groups excluding carboxylic acids is 1. The van der Waals surface area contributed by atoms with E-state index in [9.17, 15) is 9.18 Å². The van der Waals surface area contributed by atoms with Gasteiger partial charge in [-0.25, -0.2) is 9.37 Å². The van der Waals surface area contributed by atoms with Crippen LogP contribution in [0.15, 0.2) is 66.7 Å². The van der Waals surface area contributed by atoms with E-state index in [0.717, 1.165) is 5.56 Å². The van der Waals surface area contributed by atoms with Gasteiger partial charge in [-0.05, 0) is 42.0 Å². The number of halogens is 1. The summed E-state index contributed by atoms with van der Waals surface area (Å²) in [4.78, 5) is 15.6. The Morgan fingerprint density at radius 3 is 2.42 bits per heavy atom. The van der Waals surface area contributed by atoms with Gasteiger partial charge in [0.2, 0.25) is 0 Å². The molecule has 1 aromatic heterocycles. The quantitative estimate of drug-likeness (QED) is 0.625. The molecule has 0 radical (unpaired) electrons. The van der Waals surface area contributed by atoms with Gasteiger partial charge in [0.1, 0.15) is 23.9 Å². The van der Waals surface area contributed by atoms with Crippen molar-refractivity contribution in [2.75, 3.05) is 7.11 Å². The van der Waals surface area contributed by atoms with Gasteiger partial charge in [0, 0.05) is 5.56 Å². The Kier molecular flexibility index (Phi) is 5.59. The number of methoxy groups -OCH3 is 1. The maximum atomic E-state index is 14.1. The van der Waals surface area contributed by atoms with Crippen molar-refractivity contribution in [1.29, 1.82) is 0 Å². The van der Waals surface area contributed by atoms with E-state index in [-0.39, 0.29) is 12.1 Å². The Bertz CT molecular complexity index is 880. The fourth-order valence-corrected chi connectivity index (χ4v) is 2.45. The molecule has 0 N–H and O–H groups in total. The van der Waals surface area contributed by atoms with E-state index in [4.69, 9.17) is 4.74 Å². The second kappa shape index (κ2) is 8.25. The van der Waals surface area contributed by atoms with Crippen molar-refractivity contribution in [3.8, 4) is 17.0 Å². The average Bonchev–Trinajstić information content (AvgIpc) is 2.69. The van der Waals surface area contributed by atoms with Crippen LogP contribution in [-0.4, -0.2) is 18.1 Å². The molecule has 0 fully saturated rings. The molecule has 0 aliphatic carbocycles. The SMILES string of the molecule is COC(=O)Cc1ccc(F)c(-c2ccc(OCc3ccccc3)cc2)n1. The van der Waals surface area contributed by atoms with Crippen LogP contribution in [0.25, 0.3) is 11.3 Å². The third kappa shape index (κ3) is 4.45. The van der Waals surface area contributed by atoms with E-state index in [1.54, 1.807) is 24.3 Å². The highest BCUT2D eigenvalue weighted by Crippen LogP contribution is 2.24. The first kappa shape index (κ1) is 17.6. The number of carbonyl (C=O) groups is 1. The number of rotatable bonds is 6. The summed E-state index contributed by atoms with van der Waals surface area (Å²) in [5.41, 5.74) is 2.33. The summed E-state index contributed by atoms with van der Waals surface area (Å²) in [6, 6.07) is 19.7. The van der Waals surface area contributed by atoms with E-state index < -0.39 is 11.8 Å². The summed E-state index contributed by atoms with van der Waals surface area (Å²) < 4.78 is 24.5. The van der Waals surface area contributed by atoms with Crippen molar-refractivity contribution in [2.45, 2.75) is 13.0 Å². The van der Waals surface area contributed by atoms with Crippen molar-refractivity contribution in [1.82, 2.24) is 4.98 Å². The van der Waals surface area contributed by atoms with Gasteiger partial charge in [-0.15, -0.1) is 0 Å². The second-order valence-electron chi connectivity index (χ2n) is 5.68. The molecule has 26 heavy (non-hydrogen) atoms. The molecule has 0 atom stereocenters. The highest BCUT2D eigenvalue weighted by Gasteiger charge is 2.11. The monoisotopic (exact) mass is 351 g/mol. The van der Waals surface area contributed by atoms with E-state index in [1.165, 1.54) is 19.2 Å². The minimum Gasteiger partial charge on any atom is -0.489 e. The Labute approximate surface area is 151 Å². The van der Waals surface area contributed by atoms with Crippen LogP contribution in [0.1, 0.15) is 11.3 Å². The molecule has 0 amide bonds. The van der Waals surface area contributed by atoms with E-state index in [2.05, 4.69) is 9.72 Å². The van der Waals surface area contributed by atoms with Crippen LogP contribution in [0.4, 0.5) is 4.39 Å². The second-order valence-corrected chi connectivity index (χ2v) is 5.68. The van der Waals surface area contributed by atoms with Gasteiger partial charge in [-0.2, -0.15) is 0 Å². The molecule has 0 aliphatic rings. The van der Waals surface area contributed by atoms with Crippen LogP contribution in [0.5, 0.6) is 5.75 Å². The van der Waals surface area contributed by atoms with Crippen molar-refractivity contribution >= 4 is 5.97 Å². The van der Waals surface area contributed by atoms with Crippen LogP contribution in [0.3, 0.4) is 0 Å². The van der Waals surface area contributed by atoms with Crippen molar-refractivity contribution in [3.63, 3.8) is 0 Å². The van der Waals surface area contributed by atoms with Gasteiger partial charge >= 0.3 is 5.97 Å². The van der Waals surface area contributed by atoms with Crippen LogP contribution < -0.4 is 4.74 Å². The summed E-state index contributed by atoms with van der Waals surface area (Å²) in [5, 5.41) is 0. The first-order valence-corrected chi connectivity index (χ1v) is 8.15. The van der Waals surface area contributed by atoms with Gasteiger partial charge in [-0.1, -0.05) is 30.3 Å². The van der Waals surface area contributed by atoms with E-state index in [0.29, 0.717) is 23.6 Å². The number of benzene rings is 2. The van der Waals surface area contributed by atoms with Crippen LogP contribution in [0.2, 0.25) is 0 Å². The van der Waals surface area contributed by atoms with Gasteiger partial charge in [0.25, 0.3) is 0 Å². The van der Waals surface area contributed by atoms with Gasteiger partial charge in [0.05, 0.1) is 19.2 Å². The lowest BCUT2D eigenvalue weighted by molar-refractivity contribution is -0.139. The molecular formula is C21H18FNO3. The average molecular weight is 351 g/mol. The molecule has 5 heteroatoms. The Hall–Kier alpha value is -3.21. The maximum Gasteiger partial charge on any atom is 0.311 e. The number of ether oxygens (including phenoxy) is 2. The molecular weight excluding hydrogens is 333 g/mol. The Balaban J connectivity index is 1.73. The summed E-state index contributed by atoms with van der Waals surface area (Å²) >= 11 is 0. The molecule has 1 heterocycles. The van der Waals surface area contributed by atoms with Gasteiger partial charge in [-0.3, -0.25) is 4.79 Å². The lowest BCUT2D eigenvalue weighted by Gasteiger charge is -2.09. The fourth-order valence-electron chi connectivity index (χ4n) is 2.45. The largest absolute Gasteiger partial charge is 0.489 e. The zero-order valence-electron chi connectivity index (χ0n) is 14.3. The normalized spacial score (nSPS) is 10.4. The molecule has 0 saturated carbocycles. The molecule has 0 unspecified atom stereocenters. The number of nitrogens with zero attached hydrogens (tertiary/aromatic N) is 1. The van der Waals surface area contributed by atoms with Crippen LogP contribution in [0, 0.1) is 5.82 Å². The molecule has 132 valence electrons. The Morgan fingerprint density at radius 1 is 1.00 bits per heavy atom. The lowest BCUT2D eigenvalue weighted by atomic mass is 10.1. The Morgan fingerprint density at radius 2 is 1.73 bits per heavy atom. The van der Waals surface area contributed by atoms with E-state index >= 15 is 0 Å². The third-order valence-corrected chi connectivity index (χ3v) is 3.83. The topological polar surface area (TPSA) is 48.4 Å². The zero-order chi connectivity index (χ0) is 18.4. The van der Waals surface area contributed by atoms with E-state index in [1.807, 2.05) is 30.3 Å². The highest BCUT2D eigenvalue weighted by atomic mass is 19.1. The smallest absolute Gasteiger partial charge is 0.311 e. The minimum absolute atomic E-state index is 0.00203. The molecule has 0 aliphatic heterocycles.